The molecular formula is C14H18N2O3. The number of oxime groups is 1. The lowest BCUT2D eigenvalue weighted by Gasteiger charge is -2.21. The van der Waals surface area contributed by atoms with E-state index in [2.05, 4.69) is 10.5 Å². The van der Waals surface area contributed by atoms with Crippen molar-refractivity contribution in [3.63, 3.8) is 0 Å². The van der Waals surface area contributed by atoms with Gasteiger partial charge in [0, 0.05) is 30.4 Å². The first-order chi connectivity index (χ1) is 9.20. The first-order valence-electron chi connectivity index (χ1n) is 6.38. The molecule has 0 atom stereocenters. The number of hydrogen-bond acceptors (Lipinski definition) is 4. The number of hydrogen-bond donors (Lipinski definition) is 2. The maximum absolute atomic E-state index is 12.1. The summed E-state index contributed by atoms with van der Waals surface area (Å²) in [6.45, 7) is 3.00. The van der Waals surface area contributed by atoms with Crippen molar-refractivity contribution in [2.75, 3.05) is 18.5 Å². The van der Waals surface area contributed by atoms with Crippen LogP contribution in [-0.2, 0) is 9.53 Å². The molecule has 102 valence electrons. The number of ether oxygens (including phenoxy) is 1. The molecule has 0 unspecified atom stereocenters. The molecule has 2 N–H and O–H groups in total. The van der Waals surface area contributed by atoms with E-state index < -0.39 is 0 Å². The molecule has 1 aliphatic rings. The van der Waals surface area contributed by atoms with Crippen LogP contribution in [0.2, 0.25) is 0 Å². The molecule has 0 aliphatic carbocycles. The summed E-state index contributed by atoms with van der Waals surface area (Å²) in [5.74, 6) is 0.0454. The zero-order valence-corrected chi connectivity index (χ0v) is 10.9. The van der Waals surface area contributed by atoms with Gasteiger partial charge in [-0.2, -0.15) is 0 Å². The molecule has 0 bridgehead atoms. The number of carbonyl (C=O) groups excluding carboxylic acids is 1. The van der Waals surface area contributed by atoms with Crippen LogP contribution in [0.5, 0.6) is 0 Å². The average Bonchev–Trinajstić information content (AvgIpc) is 2.47. The summed E-state index contributed by atoms with van der Waals surface area (Å²) in [4.78, 5) is 12.1. The van der Waals surface area contributed by atoms with Crippen molar-refractivity contribution < 1.29 is 14.7 Å². The zero-order chi connectivity index (χ0) is 13.7. The van der Waals surface area contributed by atoms with Gasteiger partial charge in [-0.05, 0) is 31.9 Å². The molecule has 1 aliphatic heterocycles. The highest BCUT2D eigenvalue weighted by atomic mass is 16.5. The highest BCUT2D eigenvalue weighted by Gasteiger charge is 2.21. The van der Waals surface area contributed by atoms with Crippen LogP contribution in [0.3, 0.4) is 0 Å². The van der Waals surface area contributed by atoms with Gasteiger partial charge >= 0.3 is 0 Å². The monoisotopic (exact) mass is 262 g/mol. The third-order valence-electron chi connectivity index (χ3n) is 3.29. The largest absolute Gasteiger partial charge is 0.411 e. The number of anilines is 1. The van der Waals surface area contributed by atoms with Crippen molar-refractivity contribution in [2.24, 2.45) is 11.1 Å². The van der Waals surface area contributed by atoms with E-state index in [0.717, 1.165) is 24.1 Å². The van der Waals surface area contributed by atoms with Crippen LogP contribution in [0.4, 0.5) is 5.69 Å². The van der Waals surface area contributed by atoms with E-state index in [1.165, 1.54) is 0 Å². The Hall–Kier alpha value is -1.88. The SMILES string of the molecule is CC(=NO)c1cccc(NC(=O)C2CCOCC2)c1. The zero-order valence-electron chi connectivity index (χ0n) is 10.9. The highest BCUT2D eigenvalue weighted by Crippen LogP contribution is 2.18. The molecule has 1 saturated heterocycles. The number of amides is 1. The van der Waals surface area contributed by atoms with E-state index in [0.29, 0.717) is 18.9 Å². The third kappa shape index (κ3) is 3.54. The van der Waals surface area contributed by atoms with Crippen molar-refractivity contribution in [3.8, 4) is 0 Å². The van der Waals surface area contributed by atoms with Gasteiger partial charge in [0.15, 0.2) is 0 Å². The van der Waals surface area contributed by atoms with E-state index in [1.54, 1.807) is 13.0 Å². The first-order valence-corrected chi connectivity index (χ1v) is 6.38. The van der Waals surface area contributed by atoms with Gasteiger partial charge in [0.2, 0.25) is 5.91 Å². The van der Waals surface area contributed by atoms with Crippen LogP contribution < -0.4 is 5.32 Å². The highest BCUT2D eigenvalue weighted by molar-refractivity contribution is 6.00. The number of rotatable bonds is 3. The molecule has 0 saturated carbocycles. The summed E-state index contributed by atoms with van der Waals surface area (Å²) in [7, 11) is 0. The fourth-order valence-electron chi connectivity index (χ4n) is 2.08. The topological polar surface area (TPSA) is 70.9 Å². The second-order valence-electron chi connectivity index (χ2n) is 4.64. The molecule has 5 heteroatoms. The molecule has 1 amide bonds. The summed E-state index contributed by atoms with van der Waals surface area (Å²) < 4.78 is 5.24. The van der Waals surface area contributed by atoms with Crippen LogP contribution in [0, 0.1) is 5.92 Å². The molecule has 0 radical (unpaired) electrons. The minimum absolute atomic E-state index is 0.0185. The molecular weight excluding hydrogens is 244 g/mol. The standard InChI is InChI=1S/C14H18N2O3/c1-10(16-18)12-3-2-4-13(9-12)15-14(17)11-5-7-19-8-6-11/h2-4,9,11,18H,5-8H2,1H3,(H,15,17). The van der Waals surface area contributed by atoms with Crippen LogP contribution in [0.25, 0.3) is 0 Å². The van der Waals surface area contributed by atoms with Crippen LogP contribution >= 0.6 is 0 Å². The summed E-state index contributed by atoms with van der Waals surface area (Å²) in [5.41, 5.74) is 2.02. The van der Waals surface area contributed by atoms with Crippen molar-refractivity contribution in [1.82, 2.24) is 0 Å². The Morgan fingerprint density at radius 3 is 2.84 bits per heavy atom. The van der Waals surface area contributed by atoms with Crippen molar-refractivity contribution in [2.45, 2.75) is 19.8 Å². The first kappa shape index (κ1) is 13.5. The summed E-state index contributed by atoms with van der Waals surface area (Å²) in [5, 5.41) is 14.8. The third-order valence-corrected chi connectivity index (χ3v) is 3.29. The molecule has 5 nitrogen and oxygen atoms in total. The fourth-order valence-corrected chi connectivity index (χ4v) is 2.08. The van der Waals surface area contributed by atoms with Gasteiger partial charge in [-0.15, -0.1) is 0 Å². The normalized spacial score (nSPS) is 17.2. The van der Waals surface area contributed by atoms with E-state index in [1.807, 2.05) is 18.2 Å². The second-order valence-corrected chi connectivity index (χ2v) is 4.64. The van der Waals surface area contributed by atoms with Gasteiger partial charge in [-0.1, -0.05) is 17.3 Å². The quantitative estimate of drug-likeness (QED) is 0.498. The number of carbonyl (C=O) groups is 1. The molecule has 1 aromatic carbocycles. The minimum atomic E-state index is 0.0185. The van der Waals surface area contributed by atoms with Gasteiger partial charge < -0.3 is 15.3 Å². The van der Waals surface area contributed by atoms with E-state index >= 15 is 0 Å². The maximum Gasteiger partial charge on any atom is 0.227 e. The number of nitrogens with zero attached hydrogens (tertiary/aromatic N) is 1. The predicted molar refractivity (Wildman–Crippen MR) is 72.6 cm³/mol. The molecule has 1 aromatic rings. The van der Waals surface area contributed by atoms with Crippen LogP contribution in [0.1, 0.15) is 25.3 Å². The molecule has 1 fully saturated rings. The van der Waals surface area contributed by atoms with Gasteiger partial charge in [0.05, 0.1) is 5.71 Å². The smallest absolute Gasteiger partial charge is 0.227 e. The fraction of sp³-hybridized carbons (Fsp3) is 0.429. The Labute approximate surface area is 112 Å². The minimum Gasteiger partial charge on any atom is -0.411 e. The molecule has 0 aromatic heterocycles. The van der Waals surface area contributed by atoms with Crippen LogP contribution in [0.15, 0.2) is 29.4 Å². The lowest BCUT2D eigenvalue weighted by molar-refractivity contribution is -0.122. The molecule has 2 rings (SSSR count). The van der Waals surface area contributed by atoms with E-state index in [4.69, 9.17) is 9.94 Å². The van der Waals surface area contributed by atoms with Gasteiger partial charge in [0.1, 0.15) is 0 Å². The molecule has 1 heterocycles. The molecule has 19 heavy (non-hydrogen) atoms. The van der Waals surface area contributed by atoms with Crippen molar-refractivity contribution in [1.29, 1.82) is 0 Å². The lowest BCUT2D eigenvalue weighted by Crippen LogP contribution is -2.28. The average molecular weight is 262 g/mol. The maximum atomic E-state index is 12.1. The lowest BCUT2D eigenvalue weighted by atomic mass is 9.99. The van der Waals surface area contributed by atoms with E-state index in [9.17, 15) is 4.79 Å². The van der Waals surface area contributed by atoms with Gasteiger partial charge in [-0.3, -0.25) is 4.79 Å². The number of nitrogens with one attached hydrogen (secondary N) is 1. The van der Waals surface area contributed by atoms with Crippen molar-refractivity contribution >= 4 is 17.3 Å². The summed E-state index contributed by atoms with van der Waals surface area (Å²) >= 11 is 0. The predicted octanol–water partition coefficient (Wildman–Crippen LogP) is 2.25. The van der Waals surface area contributed by atoms with Gasteiger partial charge in [0.25, 0.3) is 0 Å². The molecule has 0 spiro atoms. The Kier molecular flexibility index (Phi) is 4.52. The Morgan fingerprint density at radius 1 is 1.42 bits per heavy atom. The Balaban J connectivity index is 2.04. The van der Waals surface area contributed by atoms with Crippen molar-refractivity contribution in [3.05, 3.63) is 29.8 Å². The van der Waals surface area contributed by atoms with Crippen LogP contribution in [-0.4, -0.2) is 30.0 Å². The Bertz CT molecular complexity index is 479. The summed E-state index contributed by atoms with van der Waals surface area (Å²) in [6.07, 6.45) is 1.53. The van der Waals surface area contributed by atoms with Gasteiger partial charge in [-0.25, -0.2) is 0 Å². The summed E-state index contributed by atoms with van der Waals surface area (Å²) in [6, 6.07) is 7.28. The van der Waals surface area contributed by atoms with E-state index in [-0.39, 0.29) is 11.8 Å². The number of benzene rings is 1. The Morgan fingerprint density at radius 2 is 2.16 bits per heavy atom. The second kappa shape index (κ2) is 6.33.